The zero-order chi connectivity index (χ0) is 19.7. The molecule has 2 aromatic rings. The normalized spacial score (nSPS) is 21.4. The van der Waals surface area contributed by atoms with E-state index >= 15 is 0 Å². The molecule has 1 aliphatic carbocycles. The molecule has 1 N–H and O–H groups in total. The van der Waals surface area contributed by atoms with Crippen LogP contribution in [0, 0.1) is 11.7 Å². The largest absolute Gasteiger partial charge is 0.497 e. The summed E-state index contributed by atoms with van der Waals surface area (Å²) in [5, 5.41) is 3.04. The van der Waals surface area contributed by atoms with Crippen LogP contribution in [0.3, 0.4) is 0 Å². The number of hydrogen-bond donors (Lipinski definition) is 1. The lowest BCUT2D eigenvalue weighted by Crippen LogP contribution is -2.36. The molecule has 4 rings (SSSR count). The lowest BCUT2D eigenvalue weighted by atomic mass is 9.88. The molecule has 0 bridgehead atoms. The number of nitrogens with one attached hydrogen (secondary N) is 1. The Morgan fingerprint density at radius 3 is 2.50 bits per heavy atom. The van der Waals surface area contributed by atoms with E-state index in [0.717, 1.165) is 18.4 Å². The molecule has 6 heteroatoms. The van der Waals surface area contributed by atoms with E-state index in [1.54, 1.807) is 42.3 Å². The van der Waals surface area contributed by atoms with Gasteiger partial charge in [0, 0.05) is 30.6 Å². The summed E-state index contributed by atoms with van der Waals surface area (Å²) in [4.78, 5) is 27.5. The third-order valence-corrected chi connectivity index (χ3v) is 5.48. The Bertz CT molecular complexity index is 880. The maximum atomic E-state index is 13.8. The first-order valence-electron chi connectivity index (χ1n) is 9.54. The number of carbonyl (C=O) groups is 2. The fraction of sp³-hybridized carbons (Fsp3) is 0.364. The lowest BCUT2D eigenvalue weighted by Gasteiger charge is -2.18. The highest BCUT2D eigenvalue weighted by Crippen LogP contribution is 2.35. The first-order chi connectivity index (χ1) is 13.5. The van der Waals surface area contributed by atoms with Crippen molar-refractivity contribution in [3.05, 3.63) is 65.5 Å². The number of amides is 2. The van der Waals surface area contributed by atoms with Gasteiger partial charge in [-0.05, 0) is 54.8 Å². The van der Waals surface area contributed by atoms with Gasteiger partial charge in [-0.1, -0.05) is 12.1 Å². The van der Waals surface area contributed by atoms with Crippen LogP contribution in [0.25, 0.3) is 0 Å². The lowest BCUT2D eigenvalue weighted by molar-refractivity contribution is -0.125. The van der Waals surface area contributed by atoms with E-state index in [2.05, 4.69) is 5.32 Å². The maximum absolute atomic E-state index is 13.8. The summed E-state index contributed by atoms with van der Waals surface area (Å²) >= 11 is 0. The molecule has 146 valence electrons. The van der Waals surface area contributed by atoms with Crippen LogP contribution in [0.1, 0.15) is 34.7 Å². The molecular formula is C22H23FN2O3. The quantitative estimate of drug-likeness (QED) is 0.865. The maximum Gasteiger partial charge on any atom is 0.253 e. The summed E-state index contributed by atoms with van der Waals surface area (Å²) in [6, 6.07) is 13.5. The number of hydrogen-bond acceptors (Lipinski definition) is 3. The van der Waals surface area contributed by atoms with Crippen molar-refractivity contribution in [2.45, 2.75) is 24.8 Å². The minimum Gasteiger partial charge on any atom is -0.497 e. The second-order valence-corrected chi connectivity index (χ2v) is 7.49. The van der Waals surface area contributed by atoms with Gasteiger partial charge >= 0.3 is 0 Å². The first-order valence-corrected chi connectivity index (χ1v) is 9.54. The third kappa shape index (κ3) is 3.86. The molecule has 2 atom stereocenters. The van der Waals surface area contributed by atoms with Gasteiger partial charge in [0.2, 0.25) is 5.91 Å². The molecule has 1 heterocycles. The van der Waals surface area contributed by atoms with Gasteiger partial charge in [-0.15, -0.1) is 0 Å². The Hall–Kier alpha value is -2.89. The number of methoxy groups -OCH3 is 1. The van der Waals surface area contributed by atoms with E-state index in [9.17, 15) is 14.0 Å². The summed E-state index contributed by atoms with van der Waals surface area (Å²) in [6.45, 7) is 0.710. The van der Waals surface area contributed by atoms with Crippen molar-refractivity contribution in [1.29, 1.82) is 0 Å². The summed E-state index contributed by atoms with van der Waals surface area (Å²) in [6.07, 6.45) is 2.00. The SMILES string of the molecule is COc1ccc(C(=O)N2CC(C(=O)NC3CC3)C(c3cccc(F)c3)C2)cc1. The Kier molecular flexibility index (Phi) is 5.03. The monoisotopic (exact) mass is 382 g/mol. The summed E-state index contributed by atoms with van der Waals surface area (Å²) in [5.41, 5.74) is 1.29. The molecule has 1 aliphatic heterocycles. The van der Waals surface area contributed by atoms with Gasteiger partial charge in [0.15, 0.2) is 0 Å². The van der Waals surface area contributed by atoms with Crippen molar-refractivity contribution >= 4 is 11.8 Å². The molecule has 2 amide bonds. The van der Waals surface area contributed by atoms with Crippen LogP contribution in [0.4, 0.5) is 4.39 Å². The molecule has 1 saturated carbocycles. The predicted molar refractivity (Wildman–Crippen MR) is 103 cm³/mol. The summed E-state index contributed by atoms with van der Waals surface area (Å²) in [7, 11) is 1.57. The average Bonchev–Trinajstić information content (AvgIpc) is 3.41. The molecule has 0 spiro atoms. The van der Waals surface area contributed by atoms with Crippen LogP contribution in [0.15, 0.2) is 48.5 Å². The number of nitrogens with zero attached hydrogens (tertiary/aromatic N) is 1. The van der Waals surface area contributed by atoms with E-state index in [1.807, 2.05) is 6.07 Å². The van der Waals surface area contributed by atoms with E-state index in [0.29, 0.717) is 24.4 Å². The van der Waals surface area contributed by atoms with Crippen LogP contribution in [-0.2, 0) is 4.79 Å². The molecular weight excluding hydrogens is 359 g/mol. The third-order valence-electron chi connectivity index (χ3n) is 5.48. The standard InChI is InChI=1S/C22H23FN2O3/c1-28-18-9-5-14(6-10-18)22(27)25-12-19(15-3-2-4-16(23)11-15)20(13-25)21(26)24-17-7-8-17/h2-6,9-11,17,19-20H,7-8,12-13H2,1H3,(H,24,26). The number of rotatable bonds is 5. The van der Waals surface area contributed by atoms with Crippen LogP contribution in [0.5, 0.6) is 5.75 Å². The van der Waals surface area contributed by atoms with Crippen molar-refractivity contribution in [2.24, 2.45) is 5.92 Å². The highest BCUT2D eigenvalue weighted by molar-refractivity contribution is 5.95. The van der Waals surface area contributed by atoms with Crippen molar-refractivity contribution in [1.82, 2.24) is 10.2 Å². The fourth-order valence-electron chi connectivity index (χ4n) is 3.76. The van der Waals surface area contributed by atoms with Crippen molar-refractivity contribution in [3.63, 3.8) is 0 Å². The van der Waals surface area contributed by atoms with Gasteiger partial charge in [0.05, 0.1) is 13.0 Å². The zero-order valence-electron chi connectivity index (χ0n) is 15.7. The number of likely N-dealkylation sites (tertiary alicyclic amines) is 1. The number of carbonyl (C=O) groups excluding carboxylic acids is 2. The average molecular weight is 382 g/mol. The van der Waals surface area contributed by atoms with Gasteiger partial charge in [0.1, 0.15) is 11.6 Å². The first kappa shape index (κ1) is 18.5. The molecule has 28 heavy (non-hydrogen) atoms. The Morgan fingerprint density at radius 2 is 1.86 bits per heavy atom. The Balaban J connectivity index is 1.57. The second-order valence-electron chi connectivity index (χ2n) is 7.49. The van der Waals surface area contributed by atoms with E-state index in [-0.39, 0.29) is 35.5 Å². The minimum absolute atomic E-state index is 0.0539. The van der Waals surface area contributed by atoms with Crippen LogP contribution >= 0.6 is 0 Å². The van der Waals surface area contributed by atoms with Crippen LogP contribution in [0.2, 0.25) is 0 Å². The summed E-state index contributed by atoms with van der Waals surface area (Å²) < 4.78 is 18.9. The Labute approximate surface area is 163 Å². The smallest absolute Gasteiger partial charge is 0.253 e. The van der Waals surface area contributed by atoms with Crippen molar-refractivity contribution in [2.75, 3.05) is 20.2 Å². The van der Waals surface area contributed by atoms with E-state index in [1.165, 1.54) is 12.1 Å². The van der Waals surface area contributed by atoms with Gasteiger partial charge in [0.25, 0.3) is 5.91 Å². The molecule has 2 unspecified atom stereocenters. The molecule has 0 radical (unpaired) electrons. The molecule has 2 aromatic carbocycles. The number of benzene rings is 2. The number of halogens is 1. The molecule has 0 aromatic heterocycles. The zero-order valence-corrected chi connectivity index (χ0v) is 15.7. The van der Waals surface area contributed by atoms with Gasteiger partial charge < -0.3 is 15.0 Å². The number of ether oxygens (including phenoxy) is 1. The minimum atomic E-state index is -0.385. The van der Waals surface area contributed by atoms with Crippen LogP contribution in [-0.4, -0.2) is 43.0 Å². The molecule has 1 saturated heterocycles. The van der Waals surface area contributed by atoms with Gasteiger partial charge in [-0.3, -0.25) is 9.59 Å². The predicted octanol–water partition coefficient (Wildman–Crippen LogP) is 2.97. The second kappa shape index (κ2) is 7.62. The Morgan fingerprint density at radius 1 is 1.11 bits per heavy atom. The van der Waals surface area contributed by atoms with E-state index in [4.69, 9.17) is 4.74 Å². The molecule has 2 aliphatic rings. The fourth-order valence-corrected chi connectivity index (χ4v) is 3.76. The summed E-state index contributed by atoms with van der Waals surface area (Å²) in [5.74, 6) is -0.454. The highest BCUT2D eigenvalue weighted by atomic mass is 19.1. The van der Waals surface area contributed by atoms with Crippen LogP contribution < -0.4 is 10.1 Å². The van der Waals surface area contributed by atoms with Gasteiger partial charge in [-0.2, -0.15) is 0 Å². The van der Waals surface area contributed by atoms with Crippen molar-refractivity contribution < 1.29 is 18.7 Å². The highest BCUT2D eigenvalue weighted by Gasteiger charge is 2.42. The molecule has 2 fully saturated rings. The van der Waals surface area contributed by atoms with Gasteiger partial charge in [-0.25, -0.2) is 4.39 Å². The topological polar surface area (TPSA) is 58.6 Å². The van der Waals surface area contributed by atoms with E-state index < -0.39 is 0 Å². The molecule has 5 nitrogen and oxygen atoms in total. The van der Waals surface area contributed by atoms with Crippen molar-refractivity contribution in [3.8, 4) is 5.75 Å².